The summed E-state index contributed by atoms with van der Waals surface area (Å²) in [5.41, 5.74) is 17.0. The van der Waals surface area contributed by atoms with Crippen LogP contribution >= 0.6 is 23.2 Å². The van der Waals surface area contributed by atoms with Gasteiger partial charge in [0.25, 0.3) is 0 Å². The smallest absolute Gasteiger partial charge is 0.182 e. The van der Waals surface area contributed by atoms with Crippen LogP contribution in [0.1, 0.15) is 47.0 Å². The molecule has 0 amide bonds. The summed E-state index contributed by atoms with van der Waals surface area (Å²) in [6, 6.07) is -0.519. The number of hydrogen-bond donors (Lipinski definition) is 4. The Morgan fingerprint density at radius 3 is 2.05 bits per heavy atom. The van der Waals surface area contributed by atoms with Crippen molar-refractivity contribution in [3.05, 3.63) is 0 Å². The van der Waals surface area contributed by atoms with E-state index < -0.39 is 10.5 Å². The number of unbranched alkanes of at least 4 members (excludes halogenated alkanes) is 1. The molecule has 0 spiro atoms. The first-order valence-corrected chi connectivity index (χ1v) is 7.57. The number of alkyl halides is 2. The molecule has 1 atom stereocenters. The maximum absolute atomic E-state index is 5.85. The molecule has 0 aliphatic carbocycles. The summed E-state index contributed by atoms with van der Waals surface area (Å²) in [7, 11) is 0. The van der Waals surface area contributed by atoms with Gasteiger partial charge < -0.3 is 16.8 Å². The molecule has 0 saturated heterocycles. The summed E-state index contributed by atoms with van der Waals surface area (Å²) in [5, 5.41) is 3.43. The summed E-state index contributed by atoms with van der Waals surface area (Å²) >= 11 is 11.6. The highest BCUT2D eigenvalue weighted by molar-refractivity contribution is 6.48. The van der Waals surface area contributed by atoms with E-state index >= 15 is 0 Å². The van der Waals surface area contributed by atoms with E-state index in [0.717, 1.165) is 25.8 Å². The van der Waals surface area contributed by atoms with Gasteiger partial charge in [0.15, 0.2) is 4.46 Å². The van der Waals surface area contributed by atoms with Crippen molar-refractivity contribution in [2.75, 3.05) is 13.1 Å². The summed E-state index contributed by atoms with van der Waals surface area (Å²) in [5.74, 6) is 0. The molecule has 6 heteroatoms. The molecule has 0 aromatic heterocycles. The van der Waals surface area contributed by atoms with E-state index in [4.69, 9.17) is 40.4 Å². The lowest BCUT2D eigenvalue weighted by molar-refractivity contribution is 0.135. The Morgan fingerprint density at radius 2 is 1.63 bits per heavy atom. The van der Waals surface area contributed by atoms with Crippen molar-refractivity contribution in [2.24, 2.45) is 22.6 Å². The predicted octanol–water partition coefficient (Wildman–Crippen LogP) is 1.93. The minimum Gasteiger partial charge on any atom is -0.330 e. The highest BCUT2D eigenvalue weighted by Crippen LogP contribution is 2.35. The van der Waals surface area contributed by atoms with Gasteiger partial charge in [0.05, 0.1) is 6.04 Å². The molecule has 4 nitrogen and oxygen atoms in total. The van der Waals surface area contributed by atoms with Gasteiger partial charge in [0.2, 0.25) is 0 Å². The van der Waals surface area contributed by atoms with Crippen LogP contribution in [0.25, 0.3) is 0 Å². The quantitative estimate of drug-likeness (QED) is 0.297. The van der Waals surface area contributed by atoms with Gasteiger partial charge in [-0.15, -0.1) is 0 Å². The van der Waals surface area contributed by atoms with Crippen LogP contribution in [0.5, 0.6) is 0 Å². The average molecular weight is 313 g/mol. The third kappa shape index (κ3) is 6.61. The van der Waals surface area contributed by atoms with Crippen molar-refractivity contribution in [1.82, 2.24) is 5.32 Å². The molecule has 7 N–H and O–H groups in total. The molecule has 0 aliphatic heterocycles. The van der Waals surface area contributed by atoms with Gasteiger partial charge in [0.1, 0.15) is 0 Å². The lowest BCUT2D eigenvalue weighted by Crippen LogP contribution is -2.59. The van der Waals surface area contributed by atoms with Crippen molar-refractivity contribution < 1.29 is 0 Å². The van der Waals surface area contributed by atoms with Gasteiger partial charge in [-0.05, 0) is 38.6 Å². The van der Waals surface area contributed by atoms with E-state index in [1.54, 1.807) is 0 Å². The monoisotopic (exact) mass is 312 g/mol. The molecular formula is C13H30Cl2N4. The second-order valence-corrected chi connectivity index (χ2v) is 7.86. The molecule has 19 heavy (non-hydrogen) atoms. The van der Waals surface area contributed by atoms with Gasteiger partial charge in [-0.3, -0.25) is 5.73 Å². The molecule has 0 saturated carbocycles. The minimum absolute atomic E-state index is 0.0990. The molecule has 0 aromatic carbocycles. The third-order valence-electron chi connectivity index (χ3n) is 4.21. The highest BCUT2D eigenvalue weighted by Gasteiger charge is 2.37. The predicted molar refractivity (Wildman–Crippen MR) is 85.4 cm³/mol. The van der Waals surface area contributed by atoms with Crippen LogP contribution in [0.15, 0.2) is 0 Å². The van der Waals surface area contributed by atoms with Crippen LogP contribution in [0.3, 0.4) is 0 Å². The molecular weight excluding hydrogens is 283 g/mol. The van der Waals surface area contributed by atoms with Gasteiger partial charge in [-0.25, -0.2) is 0 Å². The van der Waals surface area contributed by atoms with Gasteiger partial charge in [-0.2, -0.15) is 0 Å². The second kappa shape index (κ2) is 7.43. The highest BCUT2D eigenvalue weighted by atomic mass is 35.5. The number of halogens is 2. The Morgan fingerprint density at radius 1 is 1.11 bits per heavy atom. The SMILES string of the molecule is CC(C)(CCCCN)C(C)(C)NCC(N)C(N)(Cl)Cl. The second-order valence-electron chi connectivity index (χ2n) is 6.42. The molecule has 0 radical (unpaired) electrons. The zero-order valence-electron chi connectivity index (χ0n) is 12.6. The van der Waals surface area contributed by atoms with Crippen molar-refractivity contribution in [1.29, 1.82) is 0 Å². The van der Waals surface area contributed by atoms with Crippen molar-refractivity contribution in [3.63, 3.8) is 0 Å². The minimum atomic E-state index is -1.41. The summed E-state index contributed by atoms with van der Waals surface area (Å²) in [4.78, 5) is 0. The molecule has 1 unspecified atom stereocenters. The Hall–Kier alpha value is 0.420. The summed E-state index contributed by atoms with van der Waals surface area (Å²) < 4.78 is -1.41. The molecule has 116 valence electrons. The maximum atomic E-state index is 5.85. The van der Waals surface area contributed by atoms with E-state index in [1.807, 2.05) is 0 Å². The lowest BCUT2D eigenvalue weighted by Gasteiger charge is -2.44. The first kappa shape index (κ1) is 19.4. The first-order valence-electron chi connectivity index (χ1n) is 6.81. The van der Waals surface area contributed by atoms with Crippen LogP contribution in [0.2, 0.25) is 0 Å². The summed E-state index contributed by atoms with van der Waals surface area (Å²) in [6.07, 6.45) is 3.26. The molecule has 0 heterocycles. The largest absolute Gasteiger partial charge is 0.330 e. The van der Waals surface area contributed by atoms with E-state index in [-0.39, 0.29) is 11.0 Å². The zero-order valence-corrected chi connectivity index (χ0v) is 14.1. The van der Waals surface area contributed by atoms with Gasteiger partial charge >= 0.3 is 0 Å². The molecule has 0 fully saturated rings. The molecule has 0 aliphatic rings. The number of rotatable bonds is 9. The van der Waals surface area contributed by atoms with Gasteiger partial charge in [0, 0.05) is 12.1 Å². The Balaban J connectivity index is 4.43. The number of nitrogens with two attached hydrogens (primary N) is 3. The van der Waals surface area contributed by atoms with Gasteiger partial charge in [-0.1, -0.05) is 43.5 Å². The van der Waals surface area contributed by atoms with E-state index in [0.29, 0.717) is 6.54 Å². The number of hydrogen-bond acceptors (Lipinski definition) is 4. The Kier molecular flexibility index (Phi) is 7.60. The third-order valence-corrected chi connectivity index (χ3v) is 4.77. The van der Waals surface area contributed by atoms with Crippen LogP contribution in [-0.2, 0) is 0 Å². The number of nitrogens with one attached hydrogen (secondary N) is 1. The van der Waals surface area contributed by atoms with E-state index in [1.165, 1.54) is 0 Å². The van der Waals surface area contributed by atoms with Crippen molar-refractivity contribution in [2.45, 2.75) is 63.0 Å². The van der Waals surface area contributed by atoms with E-state index in [9.17, 15) is 0 Å². The standard InChI is InChI=1S/C13H30Cl2N4/c1-11(2,7-5-6-8-16)12(3,4)19-9-10(17)13(14,15)18/h10,19H,5-9,16-18H2,1-4H3. The Bertz CT molecular complexity index is 262. The van der Waals surface area contributed by atoms with Crippen molar-refractivity contribution >= 4 is 23.2 Å². The Labute approximate surface area is 127 Å². The fraction of sp³-hybridized carbons (Fsp3) is 1.00. The fourth-order valence-electron chi connectivity index (χ4n) is 1.76. The van der Waals surface area contributed by atoms with Crippen LogP contribution in [0, 0.1) is 5.41 Å². The van der Waals surface area contributed by atoms with Crippen molar-refractivity contribution in [3.8, 4) is 0 Å². The average Bonchev–Trinajstić information content (AvgIpc) is 2.24. The first-order chi connectivity index (χ1) is 8.44. The zero-order chi connectivity index (χ0) is 15.3. The van der Waals surface area contributed by atoms with Crippen LogP contribution < -0.4 is 22.5 Å². The fourth-order valence-corrected chi connectivity index (χ4v) is 1.92. The van der Waals surface area contributed by atoms with E-state index in [2.05, 4.69) is 33.0 Å². The topological polar surface area (TPSA) is 90.1 Å². The molecule has 0 aromatic rings. The molecule has 0 bridgehead atoms. The lowest BCUT2D eigenvalue weighted by atomic mass is 9.71. The molecule has 0 rings (SSSR count). The van der Waals surface area contributed by atoms with Crippen LogP contribution in [0.4, 0.5) is 0 Å². The maximum Gasteiger partial charge on any atom is 0.182 e. The summed E-state index contributed by atoms with van der Waals surface area (Å²) in [6.45, 7) is 9.99. The normalized spacial score (nSPS) is 15.6. The van der Waals surface area contributed by atoms with Crippen LogP contribution in [-0.4, -0.2) is 29.1 Å².